The molecule has 0 aliphatic heterocycles. The smallest absolute Gasteiger partial charge is 0.129 e. The van der Waals surface area contributed by atoms with Gasteiger partial charge in [0, 0.05) is 24.8 Å². The Balaban J connectivity index is 1.90. The Labute approximate surface area is 121 Å². The summed E-state index contributed by atoms with van der Waals surface area (Å²) >= 11 is 0. The quantitative estimate of drug-likeness (QED) is 0.774. The standard InChI is InChI=1S/C17H26FNO/c1-13(2)19-12-17(15-8-3-4-9-16(15)18)20-11-10-14-6-5-7-14/h3-4,8-9,13-14,17,19H,5-7,10-12H2,1-2H3. The van der Waals surface area contributed by atoms with E-state index in [4.69, 9.17) is 4.74 Å². The van der Waals surface area contributed by atoms with Gasteiger partial charge in [-0.05, 0) is 18.4 Å². The second-order valence-corrected chi connectivity index (χ2v) is 6.03. The van der Waals surface area contributed by atoms with Crippen LogP contribution in [0.2, 0.25) is 0 Å². The van der Waals surface area contributed by atoms with E-state index in [2.05, 4.69) is 19.2 Å². The Morgan fingerprint density at radius 3 is 2.65 bits per heavy atom. The predicted octanol–water partition coefficient (Wildman–Crippen LogP) is 4.07. The van der Waals surface area contributed by atoms with Gasteiger partial charge in [0.15, 0.2) is 0 Å². The van der Waals surface area contributed by atoms with Crippen molar-refractivity contribution in [2.45, 2.75) is 51.7 Å². The van der Waals surface area contributed by atoms with Crippen LogP contribution in [-0.4, -0.2) is 19.2 Å². The summed E-state index contributed by atoms with van der Waals surface area (Å²) in [5.74, 6) is 0.654. The van der Waals surface area contributed by atoms with Crippen molar-refractivity contribution < 1.29 is 9.13 Å². The van der Waals surface area contributed by atoms with Crippen molar-refractivity contribution in [1.82, 2.24) is 5.32 Å². The summed E-state index contributed by atoms with van der Waals surface area (Å²) in [4.78, 5) is 0. The molecule has 2 nitrogen and oxygen atoms in total. The summed E-state index contributed by atoms with van der Waals surface area (Å²) in [6.45, 7) is 5.56. The SMILES string of the molecule is CC(C)NCC(OCCC1CCC1)c1ccccc1F. The summed E-state index contributed by atoms with van der Waals surface area (Å²) in [5.41, 5.74) is 0.661. The van der Waals surface area contributed by atoms with Gasteiger partial charge in [0.2, 0.25) is 0 Å². The maximum Gasteiger partial charge on any atom is 0.129 e. The maximum absolute atomic E-state index is 13.9. The molecule has 1 saturated carbocycles. The number of nitrogens with one attached hydrogen (secondary N) is 1. The molecule has 0 amide bonds. The Morgan fingerprint density at radius 1 is 1.30 bits per heavy atom. The molecule has 1 atom stereocenters. The number of ether oxygens (including phenoxy) is 1. The van der Waals surface area contributed by atoms with E-state index in [9.17, 15) is 4.39 Å². The Bertz CT molecular complexity index is 404. The molecule has 0 aromatic heterocycles. The first-order valence-corrected chi connectivity index (χ1v) is 7.76. The Kier molecular flexibility index (Phi) is 5.99. The van der Waals surface area contributed by atoms with Crippen LogP contribution in [0, 0.1) is 11.7 Å². The van der Waals surface area contributed by atoms with Crippen LogP contribution in [0.3, 0.4) is 0 Å². The van der Waals surface area contributed by atoms with Crippen LogP contribution >= 0.6 is 0 Å². The normalized spacial score (nSPS) is 17.2. The van der Waals surface area contributed by atoms with Gasteiger partial charge in [-0.15, -0.1) is 0 Å². The van der Waals surface area contributed by atoms with Gasteiger partial charge in [-0.2, -0.15) is 0 Å². The molecular formula is C17H26FNO. The number of hydrogen-bond donors (Lipinski definition) is 1. The molecule has 1 aliphatic rings. The van der Waals surface area contributed by atoms with Crippen LogP contribution in [0.4, 0.5) is 4.39 Å². The fraction of sp³-hybridized carbons (Fsp3) is 0.647. The minimum absolute atomic E-state index is 0.174. The van der Waals surface area contributed by atoms with E-state index in [-0.39, 0.29) is 11.9 Å². The second kappa shape index (κ2) is 7.75. The lowest BCUT2D eigenvalue weighted by Gasteiger charge is -2.27. The van der Waals surface area contributed by atoms with E-state index >= 15 is 0 Å². The molecule has 0 radical (unpaired) electrons. The highest BCUT2D eigenvalue weighted by Gasteiger charge is 2.20. The van der Waals surface area contributed by atoms with Crippen molar-refractivity contribution in [3.63, 3.8) is 0 Å². The molecule has 1 N–H and O–H groups in total. The van der Waals surface area contributed by atoms with Gasteiger partial charge in [-0.25, -0.2) is 4.39 Å². The molecule has 0 saturated heterocycles. The average Bonchev–Trinajstić information content (AvgIpc) is 2.36. The van der Waals surface area contributed by atoms with Crippen molar-refractivity contribution in [3.8, 4) is 0 Å². The molecule has 0 bridgehead atoms. The van der Waals surface area contributed by atoms with Gasteiger partial charge in [-0.3, -0.25) is 0 Å². The van der Waals surface area contributed by atoms with Crippen molar-refractivity contribution >= 4 is 0 Å². The van der Waals surface area contributed by atoms with E-state index in [1.54, 1.807) is 6.07 Å². The highest BCUT2D eigenvalue weighted by Crippen LogP contribution is 2.30. The summed E-state index contributed by atoms with van der Waals surface area (Å²) < 4.78 is 19.9. The van der Waals surface area contributed by atoms with E-state index in [0.29, 0.717) is 18.2 Å². The van der Waals surface area contributed by atoms with Crippen molar-refractivity contribution in [2.75, 3.05) is 13.2 Å². The third-order valence-corrected chi connectivity index (χ3v) is 4.03. The van der Waals surface area contributed by atoms with Gasteiger partial charge >= 0.3 is 0 Å². The Hall–Kier alpha value is -0.930. The lowest BCUT2D eigenvalue weighted by atomic mass is 9.83. The predicted molar refractivity (Wildman–Crippen MR) is 80.2 cm³/mol. The molecule has 20 heavy (non-hydrogen) atoms. The van der Waals surface area contributed by atoms with Gasteiger partial charge in [0.1, 0.15) is 5.82 Å². The molecule has 3 heteroatoms. The minimum atomic E-state index is -0.196. The molecule has 1 aromatic rings. The molecule has 1 aromatic carbocycles. The number of halogens is 1. The molecule has 1 aliphatic carbocycles. The van der Waals surface area contributed by atoms with Crippen molar-refractivity contribution in [3.05, 3.63) is 35.6 Å². The van der Waals surface area contributed by atoms with Crippen molar-refractivity contribution in [1.29, 1.82) is 0 Å². The van der Waals surface area contributed by atoms with Crippen LogP contribution in [0.15, 0.2) is 24.3 Å². The van der Waals surface area contributed by atoms with Crippen LogP contribution in [-0.2, 0) is 4.74 Å². The third-order valence-electron chi connectivity index (χ3n) is 4.03. The van der Waals surface area contributed by atoms with Crippen LogP contribution in [0.1, 0.15) is 51.2 Å². The van der Waals surface area contributed by atoms with E-state index in [0.717, 1.165) is 18.9 Å². The maximum atomic E-state index is 13.9. The number of hydrogen-bond acceptors (Lipinski definition) is 2. The second-order valence-electron chi connectivity index (χ2n) is 6.03. The highest BCUT2D eigenvalue weighted by atomic mass is 19.1. The first-order chi connectivity index (χ1) is 9.66. The van der Waals surface area contributed by atoms with Crippen LogP contribution in [0.5, 0.6) is 0 Å². The molecular weight excluding hydrogens is 253 g/mol. The summed E-state index contributed by atoms with van der Waals surface area (Å²) in [6.07, 6.45) is 4.93. The number of rotatable bonds is 8. The summed E-state index contributed by atoms with van der Waals surface area (Å²) in [6, 6.07) is 7.30. The molecule has 2 rings (SSSR count). The first kappa shape index (κ1) is 15.5. The summed E-state index contributed by atoms with van der Waals surface area (Å²) in [5, 5.41) is 3.35. The average molecular weight is 279 g/mol. The van der Waals surface area contributed by atoms with Crippen LogP contribution < -0.4 is 5.32 Å². The fourth-order valence-electron chi connectivity index (χ4n) is 2.50. The number of benzene rings is 1. The van der Waals surface area contributed by atoms with Gasteiger partial charge in [-0.1, -0.05) is 51.3 Å². The minimum Gasteiger partial charge on any atom is -0.372 e. The molecule has 0 spiro atoms. The zero-order valence-corrected chi connectivity index (χ0v) is 12.6. The highest BCUT2D eigenvalue weighted by molar-refractivity contribution is 5.20. The third kappa shape index (κ3) is 4.57. The first-order valence-electron chi connectivity index (χ1n) is 7.76. The largest absolute Gasteiger partial charge is 0.372 e. The fourth-order valence-corrected chi connectivity index (χ4v) is 2.50. The zero-order valence-electron chi connectivity index (χ0n) is 12.6. The van der Waals surface area contributed by atoms with Gasteiger partial charge in [0.25, 0.3) is 0 Å². The molecule has 112 valence electrons. The van der Waals surface area contributed by atoms with E-state index < -0.39 is 0 Å². The van der Waals surface area contributed by atoms with Crippen molar-refractivity contribution in [2.24, 2.45) is 5.92 Å². The van der Waals surface area contributed by atoms with Gasteiger partial charge < -0.3 is 10.1 Å². The molecule has 1 unspecified atom stereocenters. The lowest BCUT2D eigenvalue weighted by Crippen LogP contribution is -2.30. The van der Waals surface area contributed by atoms with E-state index in [1.165, 1.54) is 25.3 Å². The van der Waals surface area contributed by atoms with Gasteiger partial charge in [0.05, 0.1) is 6.10 Å². The Morgan fingerprint density at radius 2 is 2.05 bits per heavy atom. The summed E-state index contributed by atoms with van der Waals surface area (Å²) in [7, 11) is 0. The van der Waals surface area contributed by atoms with E-state index in [1.807, 2.05) is 12.1 Å². The lowest BCUT2D eigenvalue weighted by molar-refractivity contribution is 0.0340. The monoisotopic (exact) mass is 279 g/mol. The van der Waals surface area contributed by atoms with Crippen LogP contribution in [0.25, 0.3) is 0 Å². The molecule has 0 heterocycles. The molecule has 1 fully saturated rings. The topological polar surface area (TPSA) is 21.3 Å². The zero-order chi connectivity index (χ0) is 14.4.